The van der Waals surface area contributed by atoms with Gasteiger partial charge in [-0.2, -0.15) is 4.31 Å². The number of thioether (sulfide) groups is 1. The minimum Gasteiger partial charge on any atom is -0.252 e. The molecule has 2 aliphatic rings. The highest BCUT2D eigenvalue weighted by atomic mass is 35.5. The molecule has 0 aromatic heterocycles. The van der Waals surface area contributed by atoms with E-state index in [1.54, 1.807) is 0 Å². The van der Waals surface area contributed by atoms with Gasteiger partial charge in [0.15, 0.2) is 5.66 Å². The zero-order valence-electron chi connectivity index (χ0n) is 15.7. The molecule has 4 rings (SSSR count). The first kappa shape index (κ1) is 20.5. The van der Waals surface area contributed by atoms with Gasteiger partial charge in [-0.3, -0.25) is 4.99 Å². The standard InChI is InChI=1S/C20H19ClFN3O2S2/c1-28-19-18(14-2-4-15(21)5-3-14)23-20(24-19)10-12-25(13-11-20)29(26,27)17-8-6-16(22)7-9-17/h2-9H,10-13H2,1H3. The largest absolute Gasteiger partial charge is 0.252 e. The zero-order valence-corrected chi connectivity index (χ0v) is 18.1. The highest BCUT2D eigenvalue weighted by Gasteiger charge is 2.42. The van der Waals surface area contributed by atoms with Crippen LogP contribution in [-0.2, 0) is 10.0 Å². The fraction of sp³-hybridized carbons (Fsp3) is 0.300. The molecular weight excluding hydrogens is 433 g/mol. The Morgan fingerprint density at radius 2 is 1.66 bits per heavy atom. The van der Waals surface area contributed by atoms with Crippen LogP contribution in [0.3, 0.4) is 0 Å². The molecule has 2 aliphatic heterocycles. The number of halogens is 2. The summed E-state index contributed by atoms with van der Waals surface area (Å²) in [5.74, 6) is -0.462. The van der Waals surface area contributed by atoms with Crippen LogP contribution in [0, 0.1) is 5.82 Å². The molecule has 0 amide bonds. The minimum atomic E-state index is -3.66. The van der Waals surface area contributed by atoms with Crippen LogP contribution in [0.5, 0.6) is 0 Å². The van der Waals surface area contributed by atoms with Gasteiger partial charge >= 0.3 is 0 Å². The second-order valence-corrected chi connectivity index (χ2v) is 10.1. The van der Waals surface area contributed by atoms with Crippen LogP contribution in [0.25, 0.3) is 0 Å². The van der Waals surface area contributed by atoms with Crippen molar-refractivity contribution in [3.05, 3.63) is 64.9 Å². The molecule has 152 valence electrons. The fourth-order valence-electron chi connectivity index (χ4n) is 3.52. The Kier molecular flexibility index (Phi) is 5.54. The van der Waals surface area contributed by atoms with Crippen molar-refractivity contribution in [2.45, 2.75) is 23.4 Å². The Bertz CT molecular complexity index is 1080. The third-order valence-electron chi connectivity index (χ3n) is 5.12. The van der Waals surface area contributed by atoms with Gasteiger partial charge in [-0.15, -0.1) is 11.8 Å². The average molecular weight is 452 g/mol. The smallest absolute Gasteiger partial charge is 0.243 e. The third-order valence-corrected chi connectivity index (χ3v) is 7.95. The molecule has 2 heterocycles. The lowest BCUT2D eigenvalue weighted by atomic mass is 10.00. The van der Waals surface area contributed by atoms with Crippen molar-refractivity contribution in [3.8, 4) is 0 Å². The summed E-state index contributed by atoms with van der Waals surface area (Å²) < 4.78 is 40.3. The third kappa shape index (κ3) is 3.99. The van der Waals surface area contributed by atoms with Gasteiger partial charge in [0.25, 0.3) is 0 Å². The molecule has 29 heavy (non-hydrogen) atoms. The first-order chi connectivity index (χ1) is 13.8. The lowest BCUT2D eigenvalue weighted by Gasteiger charge is -2.34. The summed E-state index contributed by atoms with van der Waals surface area (Å²) in [6.07, 6.45) is 2.95. The molecule has 0 bridgehead atoms. The van der Waals surface area contributed by atoms with E-state index in [1.807, 2.05) is 30.5 Å². The predicted molar refractivity (Wildman–Crippen MR) is 116 cm³/mol. The number of benzene rings is 2. The Morgan fingerprint density at radius 3 is 2.24 bits per heavy atom. The highest BCUT2D eigenvalue weighted by molar-refractivity contribution is 8.15. The first-order valence-electron chi connectivity index (χ1n) is 9.09. The van der Waals surface area contributed by atoms with Crippen molar-refractivity contribution in [3.63, 3.8) is 0 Å². The van der Waals surface area contributed by atoms with E-state index in [1.165, 1.54) is 28.2 Å². The van der Waals surface area contributed by atoms with Crippen molar-refractivity contribution in [2.75, 3.05) is 19.3 Å². The van der Waals surface area contributed by atoms with Gasteiger partial charge in [0.2, 0.25) is 10.0 Å². The summed E-state index contributed by atoms with van der Waals surface area (Å²) in [5.41, 5.74) is 1.13. The molecule has 1 fully saturated rings. The zero-order chi connectivity index (χ0) is 20.6. The van der Waals surface area contributed by atoms with Gasteiger partial charge in [-0.05, 0) is 42.7 Å². The Balaban J connectivity index is 1.56. The molecule has 2 aromatic rings. The number of aliphatic imine (C=N–C) groups is 2. The maximum Gasteiger partial charge on any atom is 0.243 e. The summed E-state index contributed by atoms with van der Waals surface area (Å²) in [6, 6.07) is 12.4. The van der Waals surface area contributed by atoms with E-state index in [0.29, 0.717) is 31.0 Å². The Labute approximate surface area is 178 Å². The van der Waals surface area contributed by atoms with E-state index in [0.717, 1.165) is 28.5 Å². The molecule has 0 N–H and O–H groups in total. The second-order valence-electron chi connectivity index (χ2n) is 6.93. The predicted octanol–water partition coefficient (Wildman–Crippen LogP) is 4.22. The van der Waals surface area contributed by atoms with Crippen LogP contribution in [0.2, 0.25) is 5.02 Å². The summed E-state index contributed by atoms with van der Waals surface area (Å²) in [6.45, 7) is 0.616. The fourth-order valence-corrected chi connectivity index (χ4v) is 5.71. The lowest BCUT2D eigenvalue weighted by Crippen LogP contribution is -2.44. The maximum atomic E-state index is 13.1. The van der Waals surface area contributed by atoms with E-state index in [9.17, 15) is 12.8 Å². The number of piperidine rings is 1. The molecule has 2 aromatic carbocycles. The summed E-state index contributed by atoms with van der Waals surface area (Å²) in [5, 5.41) is 1.51. The van der Waals surface area contributed by atoms with Crippen LogP contribution in [0.4, 0.5) is 4.39 Å². The maximum absolute atomic E-state index is 13.1. The molecule has 0 atom stereocenters. The van der Waals surface area contributed by atoms with Crippen molar-refractivity contribution in [2.24, 2.45) is 9.98 Å². The minimum absolute atomic E-state index is 0.0972. The SMILES string of the molecule is CSC1=NC2(CCN(S(=O)(=O)c3ccc(F)cc3)CC2)N=C1c1ccc(Cl)cc1. The lowest BCUT2D eigenvalue weighted by molar-refractivity contribution is 0.249. The van der Waals surface area contributed by atoms with E-state index >= 15 is 0 Å². The van der Waals surface area contributed by atoms with Gasteiger partial charge in [0.1, 0.15) is 10.9 Å². The number of nitrogens with zero attached hydrogens (tertiary/aromatic N) is 3. The molecule has 5 nitrogen and oxygen atoms in total. The molecule has 0 radical (unpaired) electrons. The molecule has 1 spiro atoms. The summed E-state index contributed by atoms with van der Waals surface area (Å²) >= 11 is 7.52. The number of sulfonamides is 1. The average Bonchev–Trinajstić information content (AvgIpc) is 3.07. The monoisotopic (exact) mass is 451 g/mol. The Hall–Kier alpha value is -1.74. The number of hydrogen-bond donors (Lipinski definition) is 0. The van der Waals surface area contributed by atoms with Gasteiger partial charge < -0.3 is 0 Å². The van der Waals surface area contributed by atoms with Gasteiger partial charge in [0.05, 0.1) is 10.6 Å². The summed E-state index contributed by atoms with van der Waals surface area (Å²) in [4.78, 5) is 9.86. The van der Waals surface area contributed by atoms with E-state index in [2.05, 4.69) is 0 Å². The van der Waals surface area contributed by atoms with Crippen LogP contribution in [0.15, 0.2) is 63.4 Å². The van der Waals surface area contributed by atoms with Crippen molar-refractivity contribution in [1.82, 2.24) is 4.31 Å². The van der Waals surface area contributed by atoms with Crippen molar-refractivity contribution in [1.29, 1.82) is 0 Å². The topological polar surface area (TPSA) is 62.1 Å². The molecule has 9 heteroatoms. The van der Waals surface area contributed by atoms with Gasteiger partial charge in [-0.25, -0.2) is 17.8 Å². The highest BCUT2D eigenvalue weighted by Crippen LogP contribution is 2.36. The summed E-state index contributed by atoms with van der Waals surface area (Å²) in [7, 11) is -3.66. The van der Waals surface area contributed by atoms with E-state index in [-0.39, 0.29) is 4.90 Å². The van der Waals surface area contributed by atoms with Gasteiger partial charge in [-0.1, -0.05) is 23.7 Å². The molecule has 0 unspecified atom stereocenters. The van der Waals surface area contributed by atoms with Crippen molar-refractivity contribution >= 4 is 44.1 Å². The van der Waals surface area contributed by atoms with Crippen LogP contribution in [0.1, 0.15) is 18.4 Å². The quantitative estimate of drug-likeness (QED) is 0.701. The molecule has 0 aliphatic carbocycles. The normalized spacial score (nSPS) is 19.3. The molecule has 1 saturated heterocycles. The number of hydrogen-bond acceptors (Lipinski definition) is 5. The van der Waals surface area contributed by atoms with E-state index in [4.69, 9.17) is 21.6 Å². The molecule has 0 saturated carbocycles. The first-order valence-corrected chi connectivity index (χ1v) is 12.1. The van der Waals surface area contributed by atoms with Crippen LogP contribution < -0.4 is 0 Å². The van der Waals surface area contributed by atoms with E-state index < -0.39 is 21.5 Å². The van der Waals surface area contributed by atoms with Crippen LogP contribution in [-0.4, -0.2) is 48.5 Å². The Morgan fingerprint density at radius 1 is 1.03 bits per heavy atom. The van der Waals surface area contributed by atoms with Crippen LogP contribution >= 0.6 is 23.4 Å². The van der Waals surface area contributed by atoms with Crippen molar-refractivity contribution < 1.29 is 12.8 Å². The number of rotatable bonds is 3. The molecular formula is C20H19ClFN3O2S2. The van der Waals surface area contributed by atoms with Gasteiger partial charge in [0, 0.05) is 36.5 Å². The second kappa shape index (κ2) is 7.83.